The molecule has 2 unspecified atom stereocenters. The second kappa shape index (κ2) is 6.85. The molecule has 1 saturated carbocycles. The van der Waals surface area contributed by atoms with E-state index < -0.39 is 10.0 Å². The third-order valence-electron chi connectivity index (χ3n) is 5.06. The van der Waals surface area contributed by atoms with Crippen molar-refractivity contribution in [1.29, 1.82) is 0 Å². The van der Waals surface area contributed by atoms with Gasteiger partial charge in [-0.2, -0.15) is 4.31 Å². The Labute approximate surface area is 142 Å². The van der Waals surface area contributed by atoms with E-state index >= 15 is 0 Å². The Balaban J connectivity index is 1.77. The monoisotopic (exact) mass is 355 g/mol. The highest BCUT2D eigenvalue weighted by atomic mass is 32.2. The number of nitrogens with one attached hydrogen (secondary N) is 1. The summed E-state index contributed by atoms with van der Waals surface area (Å²) < 4.78 is 32.2. The van der Waals surface area contributed by atoms with Gasteiger partial charge in [-0.1, -0.05) is 6.42 Å². The largest absolute Gasteiger partial charge is 0.455 e. The van der Waals surface area contributed by atoms with Gasteiger partial charge in [0.2, 0.25) is 10.0 Å². The van der Waals surface area contributed by atoms with E-state index in [1.54, 1.807) is 6.92 Å². The molecule has 1 aliphatic heterocycles. The van der Waals surface area contributed by atoms with Crippen LogP contribution in [0.1, 0.15) is 48.4 Å². The number of aryl methyl sites for hydroxylation is 1. The number of nitrogens with zero attached hydrogens (tertiary/aromatic N) is 1. The van der Waals surface area contributed by atoms with Gasteiger partial charge in [0.1, 0.15) is 10.7 Å². The number of carbonyl (C=O) groups is 1. The topological polar surface area (TPSA) is 106 Å². The Morgan fingerprint density at radius 3 is 2.71 bits per heavy atom. The number of rotatable bonds is 5. The molecule has 0 spiro atoms. The number of hydrogen-bond donors (Lipinski definition) is 2. The van der Waals surface area contributed by atoms with E-state index in [9.17, 15) is 13.2 Å². The summed E-state index contributed by atoms with van der Waals surface area (Å²) in [5.41, 5.74) is 5.73. The predicted octanol–water partition coefficient (Wildman–Crippen LogP) is 1.23. The van der Waals surface area contributed by atoms with Crippen molar-refractivity contribution in [3.63, 3.8) is 0 Å². The number of sulfonamides is 1. The van der Waals surface area contributed by atoms with E-state index in [4.69, 9.17) is 10.2 Å². The molecule has 2 atom stereocenters. The van der Waals surface area contributed by atoms with Gasteiger partial charge in [0.25, 0.3) is 5.91 Å². The minimum Gasteiger partial charge on any atom is -0.455 e. The maximum atomic E-state index is 12.7. The van der Waals surface area contributed by atoms with Crippen LogP contribution in [0.25, 0.3) is 0 Å². The molecule has 1 amide bonds. The zero-order chi connectivity index (χ0) is 17.3. The summed E-state index contributed by atoms with van der Waals surface area (Å²) in [6.45, 7) is 3.16. The van der Waals surface area contributed by atoms with Crippen molar-refractivity contribution < 1.29 is 17.6 Å². The smallest absolute Gasteiger partial charge is 0.287 e. The maximum absolute atomic E-state index is 12.7. The first-order chi connectivity index (χ1) is 11.4. The van der Waals surface area contributed by atoms with Crippen molar-refractivity contribution in [3.05, 3.63) is 17.6 Å². The van der Waals surface area contributed by atoms with Gasteiger partial charge in [-0.25, -0.2) is 8.42 Å². The minimum absolute atomic E-state index is 0.0338. The lowest BCUT2D eigenvalue weighted by atomic mass is 10.0. The number of carbonyl (C=O) groups excluding carboxylic acids is 1. The summed E-state index contributed by atoms with van der Waals surface area (Å²) >= 11 is 0. The lowest BCUT2D eigenvalue weighted by molar-refractivity contribution is 0.0899. The molecule has 1 aliphatic carbocycles. The first-order valence-corrected chi connectivity index (χ1v) is 9.99. The second-order valence-electron chi connectivity index (χ2n) is 6.65. The summed E-state index contributed by atoms with van der Waals surface area (Å²) in [5, 5.41) is 2.94. The van der Waals surface area contributed by atoms with Crippen molar-refractivity contribution in [2.24, 2.45) is 11.7 Å². The van der Waals surface area contributed by atoms with Crippen LogP contribution in [0.5, 0.6) is 0 Å². The van der Waals surface area contributed by atoms with Gasteiger partial charge < -0.3 is 15.5 Å². The third kappa shape index (κ3) is 3.22. The first kappa shape index (κ1) is 17.4. The highest BCUT2D eigenvalue weighted by Crippen LogP contribution is 2.28. The molecule has 8 heteroatoms. The van der Waals surface area contributed by atoms with Crippen LogP contribution in [0.3, 0.4) is 0 Å². The van der Waals surface area contributed by atoms with Gasteiger partial charge in [0, 0.05) is 25.2 Å². The Bertz CT molecular complexity index is 707. The Morgan fingerprint density at radius 1 is 1.33 bits per heavy atom. The van der Waals surface area contributed by atoms with Gasteiger partial charge in [-0.3, -0.25) is 4.79 Å². The summed E-state index contributed by atoms with van der Waals surface area (Å²) in [6, 6.07) is 1.39. The van der Waals surface area contributed by atoms with E-state index in [0.717, 1.165) is 32.1 Å². The van der Waals surface area contributed by atoms with E-state index in [0.29, 0.717) is 19.6 Å². The van der Waals surface area contributed by atoms with Crippen molar-refractivity contribution in [1.82, 2.24) is 9.62 Å². The van der Waals surface area contributed by atoms with Crippen LogP contribution in [0, 0.1) is 12.8 Å². The van der Waals surface area contributed by atoms with Crippen molar-refractivity contribution in [2.75, 3.05) is 19.6 Å². The predicted molar refractivity (Wildman–Crippen MR) is 89.1 cm³/mol. The van der Waals surface area contributed by atoms with Gasteiger partial charge >= 0.3 is 0 Å². The quantitative estimate of drug-likeness (QED) is 0.826. The number of amides is 1. The lowest BCUT2D eigenvalue weighted by Gasteiger charge is -2.18. The molecule has 0 aromatic carbocycles. The third-order valence-corrected chi connectivity index (χ3v) is 7.06. The molecule has 1 aromatic heterocycles. The fraction of sp³-hybridized carbons (Fsp3) is 0.688. The SMILES string of the molecule is Cc1oc(C(=O)NC2CCCC2CN)cc1S(=O)(=O)N1CCCC1. The van der Waals surface area contributed by atoms with Gasteiger partial charge in [-0.15, -0.1) is 0 Å². The van der Waals surface area contributed by atoms with Crippen LogP contribution in [0.15, 0.2) is 15.4 Å². The number of nitrogens with two attached hydrogens (primary N) is 1. The van der Waals surface area contributed by atoms with Gasteiger partial charge in [0.15, 0.2) is 5.76 Å². The van der Waals surface area contributed by atoms with Crippen molar-refractivity contribution in [3.8, 4) is 0 Å². The molecular formula is C16H25N3O4S. The summed E-state index contributed by atoms with van der Waals surface area (Å²) in [5.74, 6) is 0.214. The average Bonchev–Trinajstić information content (AvgIpc) is 3.27. The van der Waals surface area contributed by atoms with Crippen LogP contribution in [0.4, 0.5) is 0 Å². The molecular weight excluding hydrogens is 330 g/mol. The van der Waals surface area contributed by atoms with Gasteiger partial charge in [0.05, 0.1) is 0 Å². The number of hydrogen-bond acceptors (Lipinski definition) is 5. The average molecular weight is 355 g/mol. The van der Waals surface area contributed by atoms with Crippen LogP contribution in [-0.4, -0.2) is 44.3 Å². The summed E-state index contributed by atoms with van der Waals surface area (Å²) in [4.78, 5) is 12.5. The standard InChI is InChI=1S/C16H25N3O4S/c1-11-15(24(21,22)19-7-2-3-8-19)9-14(23-11)16(20)18-13-6-4-5-12(13)10-17/h9,12-13H,2-8,10,17H2,1H3,(H,18,20). The van der Waals surface area contributed by atoms with Crippen molar-refractivity contribution >= 4 is 15.9 Å². The second-order valence-corrected chi connectivity index (χ2v) is 8.56. The molecule has 0 bridgehead atoms. The van der Waals surface area contributed by atoms with E-state index in [1.807, 2.05) is 0 Å². The summed E-state index contributed by atoms with van der Waals surface area (Å²) in [6.07, 6.45) is 4.68. The van der Waals surface area contributed by atoms with E-state index in [2.05, 4.69) is 5.32 Å². The molecule has 3 N–H and O–H groups in total. The molecule has 2 heterocycles. The molecule has 0 radical (unpaired) electrons. The minimum atomic E-state index is -3.59. The number of furan rings is 1. The van der Waals surface area contributed by atoms with Crippen molar-refractivity contribution in [2.45, 2.75) is 50.0 Å². The lowest BCUT2D eigenvalue weighted by Crippen LogP contribution is -2.39. The molecule has 2 aliphatic rings. The van der Waals surface area contributed by atoms with Crippen LogP contribution in [0.2, 0.25) is 0 Å². The molecule has 1 aromatic rings. The zero-order valence-electron chi connectivity index (χ0n) is 14.0. The zero-order valence-corrected chi connectivity index (χ0v) is 14.8. The molecule has 7 nitrogen and oxygen atoms in total. The van der Waals surface area contributed by atoms with Gasteiger partial charge in [-0.05, 0) is 45.1 Å². The molecule has 134 valence electrons. The maximum Gasteiger partial charge on any atom is 0.287 e. The van der Waals surface area contributed by atoms with Crippen LogP contribution in [-0.2, 0) is 10.0 Å². The summed E-state index contributed by atoms with van der Waals surface area (Å²) in [7, 11) is -3.59. The highest BCUT2D eigenvalue weighted by Gasteiger charge is 2.33. The Kier molecular flexibility index (Phi) is 4.98. The normalized spacial score (nSPS) is 25.2. The molecule has 1 saturated heterocycles. The van der Waals surface area contributed by atoms with Crippen LogP contribution >= 0.6 is 0 Å². The Morgan fingerprint density at radius 2 is 2.04 bits per heavy atom. The van der Waals surface area contributed by atoms with E-state index in [1.165, 1.54) is 10.4 Å². The molecule has 3 rings (SSSR count). The molecule has 2 fully saturated rings. The Hall–Kier alpha value is -1.38. The molecule has 24 heavy (non-hydrogen) atoms. The fourth-order valence-corrected chi connectivity index (χ4v) is 5.33. The van der Waals surface area contributed by atoms with Crippen LogP contribution < -0.4 is 11.1 Å². The van der Waals surface area contributed by atoms with E-state index in [-0.39, 0.29) is 34.3 Å². The first-order valence-electron chi connectivity index (χ1n) is 8.55. The fourth-order valence-electron chi connectivity index (χ4n) is 3.65. The highest BCUT2D eigenvalue weighted by molar-refractivity contribution is 7.89.